The monoisotopic (exact) mass is 374 g/mol. The van der Waals surface area contributed by atoms with Crippen LogP contribution in [0.25, 0.3) is 11.3 Å². The highest BCUT2D eigenvalue weighted by atomic mass is 35.5. The van der Waals surface area contributed by atoms with E-state index >= 15 is 0 Å². The molecule has 0 unspecified atom stereocenters. The van der Waals surface area contributed by atoms with E-state index in [0.29, 0.717) is 32.7 Å². The molecule has 1 aromatic heterocycles. The average Bonchev–Trinajstić information content (AvgIpc) is 2.99. The molecule has 128 valence electrons. The van der Waals surface area contributed by atoms with Gasteiger partial charge < -0.3 is 15.5 Å². The fourth-order valence-electron chi connectivity index (χ4n) is 2.66. The Labute approximate surface area is 155 Å². The van der Waals surface area contributed by atoms with Gasteiger partial charge in [0.05, 0.1) is 11.4 Å². The summed E-state index contributed by atoms with van der Waals surface area (Å²) in [5, 5.41) is 3.79. The van der Waals surface area contributed by atoms with Crippen molar-refractivity contribution in [1.29, 1.82) is 0 Å². The Kier molecular flexibility index (Phi) is 4.75. The summed E-state index contributed by atoms with van der Waals surface area (Å²) in [4.78, 5) is 12.5. The Balaban J connectivity index is 1.86. The van der Waals surface area contributed by atoms with Crippen molar-refractivity contribution in [2.75, 3.05) is 11.1 Å². The molecule has 0 bridgehead atoms. The van der Waals surface area contributed by atoms with E-state index in [1.165, 1.54) is 0 Å². The van der Waals surface area contributed by atoms with Crippen molar-refractivity contribution in [3.8, 4) is 11.3 Å². The summed E-state index contributed by atoms with van der Waals surface area (Å²) in [5.41, 5.74) is 9.72. The maximum Gasteiger partial charge on any atom is 0.291 e. The molecule has 0 saturated heterocycles. The predicted molar refractivity (Wildman–Crippen MR) is 102 cm³/mol. The molecule has 3 aromatic rings. The van der Waals surface area contributed by atoms with Gasteiger partial charge in [-0.2, -0.15) is 0 Å². The maximum absolute atomic E-state index is 12.5. The lowest BCUT2D eigenvalue weighted by Gasteiger charge is -2.11. The first kappa shape index (κ1) is 17.4. The zero-order valence-electron chi connectivity index (χ0n) is 13.7. The van der Waals surface area contributed by atoms with Gasteiger partial charge in [-0.3, -0.25) is 4.79 Å². The molecule has 2 aromatic carbocycles. The molecule has 0 aliphatic carbocycles. The predicted octanol–water partition coefficient (Wildman–Crippen LogP) is 5.70. The summed E-state index contributed by atoms with van der Waals surface area (Å²) >= 11 is 12.0. The van der Waals surface area contributed by atoms with Crippen molar-refractivity contribution < 1.29 is 9.21 Å². The van der Waals surface area contributed by atoms with Crippen molar-refractivity contribution in [3.63, 3.8) is 0 Å². The van der Waals surface area contributed by atoms with E-state index in [1.54, 1.807) is 30.3 Å². The second-order valence-electron chi connectivity index (χ2n) is 5.82. The smallest absolute Gasteiger partial charge is 0.291 e. The normalized spacial score (nSPS) is 10.7. The Morgan fingerprint density at radius 2 is 1.72 bits per heavy atom. The number of hydrogen-bond acceptors (Lipinski definition) is 3. The van der Waals surface area contributed by atoms with Crippen LogP contribution in [-0.2, 0) is 0 Å². The SMILES string of the molecule is Cc1cc(C)c(NC(=O)c2ccc(-c3cc(Cl)cc(Cl)c3)o2)c(N)c1. The van der Waals surface area contributed by atoms with E-state index in [-0.39, 0.29) is 11.7 Å². The molecule has 25 heavy (non-hydrogen) atoms. The number of hydrogen-bond donors (Lipinski definition) is 2. The third kappa shape index (κ3) is 3.81. The Bertz CT molecular complexity index is 921. The van der Waals surface area contributed by atoms with Gasteiger partial charge >= 0.3 is 0 Å². The first-order valence-corrected chi connectivity index (χ1v) is 8.33. The average molecular weight is 375 g/mol. The second-order valence-corrected chi connectivity index (χ2v) is 6.70. The standard InChI is InChI=1S/C19H16Cl2N2O2/c1-10-5-11(2)18(15(22)6-10)23-19(24)17-4-3-16(25-17)12-7-13(20)9-14(21)8-12/h3-9H,22H2,1-2H3,(H,23,24). The minimum atomic E-state index is -0.377. The molecule has 3 N–H and O–H groups in total. The zero-order valence-corrected chi connectivity index (χ0v) is 15.2. The number of furan rings is 1. The second kappa shape index (κ2) is 6.82. The van der Waals surface area contributed by atoms with Gasteiger partial charge in [-0.1, -0.05) is 29.3 Å². The largest absolute Gasteiger partial charge is 0.451 e. The van der Waals surface area contributed by atoms with E-state index < -0.39 is 0 Å². The van der Waals surface area contributed by atoms with Crippen molar-refractivity contribution in [2.24, 2.45) is 0 Å². The van der Waals surface area contributed by atoms with Gasteiger partial charge in [-0.25, -0.2) is 0 Å². The topological polar surface area (TPSA) is 68.3 Å². The van der Waals surface area contributed by atoms with Crippen LogP contribution in [0.15, 0.2) is 46.9 Å². The number of nitrogens with one attached hydrogen (secondary N) is 1. The lowest BCUT2D eigenvalue weighted by molar-refractivity contribution is 0.0997. The molecular formula is C19H16Cl2N2O2. The van der Waals surface area contributed by atoms with Crippen molar-refractivity contribution >= 4 is 40.5 Å². The van der Waals surface area contributed by atoms with Gasteiger partial charge in [-0.15, -0.1) is 0 Å². The summed E-state index contributed by atoms with van der Waals surface area (Å²) in [5.74, 6) is 0.298. The van der Waals surface area contributed by atoms with Gasteiger partial charge in [0.25, 0.3) is 5.91 Å². The van der Waals surface area contributed by atoms with Crippen molar-refractivity contribution in [3.05, 3.63) is 69.4 Å². The van der Waals surface area contributed by atoms with Gasteiger partial charge in [0.15, 0.2) is 5.76 Å². The summed E-state index contributed by atoms with van der Waals surface area (Å²) in [7, 11) is 0. The van der Waals surface area contributed by atoms with Crippen LogP contribution in [0.3, 0.4) is 0 Å². The number of carbonyl (C=O) groups is 1. The molecule has 0 aliphatic heterocycles. The number of nitrogens with two attached hydrogens (primary N) is 1. The number of aryl methyl sites for hydroxylation is 2. The molecule has 1 heterocycles. The number of halogens is 2. The number of carbonyl (C=O) groups excluding carboxylic acids is 1. The first-order chi connectivity index (χ1) is 11.8. The fraction of sp³-hybridized carbons (Fsp3) is 0.105. The molecule has 0 radical (unpaired) electrons. The van der Waals surface area contributed by atoms with Crippen LogP contribution >= 0.6 is 23.2 Å². The van der Waals surface area contributed by atoms with Gasteiger partial charge in [0.2, 0.25) is 0 Å². The number of nitrogen functional groups attached to an aromatic ring is 1. The molecule has 0 atom stereocenters. The quantitative estimate of drug-likeness (QED) is 0.577. The lowest BCUT2D eigenvalue weighted by atomic mass is 10.1. The van der Waals surface area contributed by atoms with E-state index in [4.69, 9.17) is 33.4 Å². The van der Waals surface area contributed by atoms with Gasteiger partial charge in [0, 0.05) is 15.6 Å². The zero-order chi connectivity index (χ0) is 18.1. The fourth-order valence-corrected chi connectivity index (χ4v) is 3.18. The molecule has 0 fully saturated rings. The van der Waals surface area contributed by atoms with Crippen LogP contribution in [0.4, 0.5) is 11.4 Å². The third-order valence-corrected chi connectivity index (χ3v) is 4.16. The van der Waals surface area contributed by atoms with Crippen LogP contribution in [0.1, 0.15) is 21.7 Å². The van der Waals surface area contributed by atoms with E-state index in [0.717, 1.165) is 11.1 Å². The summed E-state index contributed by atoms with van der Waals surface area (Å²) < 4.78 is 5.65. The molecule has 3 rings (SSSR count). The molecule has 1 amide bonds. The highest BCUT2D eigenvalue weighted by Crippen LogP contribution is 2.30. The number of amides is 1. The summed E-state index contributed by atoms with van der Waals surface area (Å²) in [6.07, 6.45) is 0. The first-order valence-electron chi connectivity index (χ1n) is 7.58. The Morgan fingerprint density at radius 1 is 1.04 bits per heavy atom. The molecule has 0 aliphatic rings. The van der Waals surface area contributed by atoms with Crippen molar-refractivity contribution in [1.82, 2.24) is 0 Å². The molecule has 0 spiro atoms. The van der Waals surface area contributed by atoms with Crippen LogP contribution in [0, 0.1) is 13.8 Å². The van der Waals surface area contributed by atoms with Gasteiger partial charge in [-0.05, 0) is 61.4 Å². The minimum Gasteiger partial charge on any atom is -0.451 e. The summed E-state index contributed by atoms with van der Waals surface area (Å²) in [6, 6.07) is 12.1. The van der Waals surface area contributed by atoms with Gasteiger partial charge in [0.1, 0.15) is 5.76 Å². The van der Waals surface area contributed by atoms with Crippen LogP contribution in [0.5, 0.6) is 0 Å². The third-order valence-electron chi connectivity index (χ3n) is 3.73. The molecule has 6 heteroatoms. The van der Waals surface area contributed by atoms with Crippen LogP contribution in [0.2, 0.25) is 10.0 Å². The molecule has 0 saturated carbocycles. The number of benzene rings is 2. The lowest BCUT2D eigenvalue weighted by Crippen LogP contribution is -2.13. The maximum atomic E-state index is 12.5. The van der Waals surface area contributed by atoms with Crippen LogP contribution < -0.4 is 11.1 Å². The van der Waals surface area contributed by atoms with Crippen LogP contribution in [-0.4, -0.2) is 5.91 Å². The minimum absolute atomic E-state index is 0.172. The van der Waals surface area contributed by atoms with E-state index in [2.05, 4.69) is 5.32 Å². The van der Waals surface area contributed by atoms with E-state index in [1.807, 2.05) is 26.0 Å². The van der Waals surface area contributed by atoms with Crippen molar-refractivity contribution in [2.45, 2.75) is 13.8 Å². The summed E-state index contributed by atoms with van der Waals surface area (Å²) in [6.45, 7) is 3.84. The van der Waals surface area contributed by atoms with E-state index in [9.17, 15) is 4.79 Å². The Morgan fingerprint density at radius 3 is 2.36 bits per heavy atom. The molecular weight excluding hydrogens is 359 g/mol. The number of rotatable bonds is 3. The highest BCUT2D eigenvalue weighted by Gasteiger charge is 2.15. The molecule has 4 nitrogen and oxygen atoms in total. The number of anilines is 2. The Hall–Kier alpha value is -2.43. The highest BCUT2D eigenvalue weighted by molar-refractivity contribution is 6.35.